The molecule has 0 radical (unpaired) electrons. The maximum absolute atomic E-state index is 7.28. The number of hydrogen-bond acceptors (Lipinski definition) is 3. The van der Waals surface area contributed by atoms with Crippen LogP contribution in [0, 0.1) is 0 Å². The van der Waals surface area contributed by atoms with Crippen LogP contribution in [0.4, 0.5) is 0 Å². The first-order valence-corrected chi connectivity index (χ1v) is 17.1. The first-order valence-electron chi connectivity index (χ1n) is 17.1. The van der Waals surface area contributed by atoms with Crippen molar-refractivity contribution in [3.8, 4) is 11.1 Å². The number of benzene rings is 7. The Bertz CT molecular complexity index is 3000. The molecule has 3 heterocycles. The van der Waals surface area contributed by atoms with Gasteiger partial charge >= 0.3 is 0 Å². The van der Waals surface area contributed by atoms with Crippen LogP contribution in [-0.4, -0.2) is 16.3 Å². The highest BCUT2D eigenvalue weighted by molar-refractivity contribution is 6.36. The molecule has 1 aliphatic heterocycles. The summed E-state index contributed by atoms with van der Waals surface area (Å²) in [7, 11) is 0. The molecular formula is C46H29N3O. The summed E-state index contributed by atoms with van der Waals surface area (Å²) < 4.78 is 9.65. The number of fused-ring (bicyclic) bond motifs is 12. The van der Waals surface area contributed by atoms with E-state index < -0.39 is 0 Å². The van der Waals surface area contributed by atoms with Crippen molar-refractivity contribution in [2.75, 3.05) is 0 Å². The molecule has 1 N–H and O–H groups in total. The monoisotopic (exact) mass is 639 g/mol. The van der Waals surface area contributed by atoms with Gasteiger partial charge in [0.2, 0.25) is 0 Å². The van der Waals surface area contributed by atoms with E-state index in [4.69, 9.17) is 9.41 Å². The third kappa shape index (κ3) is 3.79. The van der Waals surface area contributed by atoms with Crippen molar-refractivity contribution in [3.63, 3.8) is 0 Å². The smallest absolute Gasteiger partial charge is 0.160 e. The van der Waals surface area contributed by atoms with Crippen LogP contribution in [0.25, 0.3) is 87.9 Å². The van der Waals surface area contributed by atoms with E-state index in [9.17, 15) is 0 Å². The maximum Gasteiger partial charge on any atom is 0.160 e. The Kier molecular flexibility index (Phi) is 5.69. The molecule has 0 saturated heterocycles. The third-order valence-corrected chi connectivity index (χ3v) is 10.4. The summed E-state index contributed by atoms with van der Waals surface area (Å²) in [5, 5.41) is 13.3. The van der Waals surface area contributed by atoms with Crippen molar-refractivity contribution in [1.82, 2.24) is 9.88 Å². The summed E-state index contributed by atoms with van der Waals surface area (Å²) >= 11 is 0. The molecule has 2 aromatic heterocycles. The largest absolute Gasteiger partial charge is 0.453 e. The third-order valence-electron chi connectivity index (χ3n) is 10.4. The van der Waals surface area contributed by atoms with Crippen molar-refractivity contribution >= 4 is 82.5 Å². The van der Waals surface area contributed by atoms with Crippen molar-refractivity contribution < 1.29 is 4.42 Å². The van der Waals surface area contributed by atoms with Gasteiger partial charge in [-0.15, -0.1) is 0 Å². The van der Waals surface area contributed by atoms with Gasteiger partial charge in [-0.05, 0) is 39.3 Å². The Labute approximate surface area is 287 Å². The normalized spacial score (nSPS) is 15.8. The van der Waals surface area contributed by atoms with E-state index in [1.807, 2.05) is 0 Å². The molecule has 1 unspecified atom stereocenters. The van der Waals surface area contributed by atoms with E-state index in [1.165, 1.54) is 32.3 Å². The number of hydrogen-bond donors (Lipinski definition) is 1. The topological polar surface area (TPSA) is 42.5 Å². The van der Waals surface area contributed by atoms with Gasteiger partial charge in [-0.1, -0.05) is 152 Å². The highest BCUT2D eigenvalue weighted by Gasteiger charge is 2.30. The van der Waals surface area contributed by atoms with Gasteiger partial charge in [0.05, 0.1) is 22.8 Å². The molecule has 2 aliphatic rings. The van der Waals surface area contributed by atoms with Crippen LogP contribution in [0.5, 0.6) is 0 Å². The number of allylic oxidation sites excluding steroid dienone is 2. The summed E-state index contributed by atoms with van der Waals surface area (Å²) in [4.78, 5) is 5.34. The average Bonchev–Trinajstić information content (AvgIpc) is 3.75. The van der Waals surface area contributed by atoms with E-state index >= 15 is 0 Å². The molecule has 7 aromatic carbocycles. The van der Waals surface area contributed by atoms with Gasteiger partial charge in [-0.25, -0.2) is 4.99 Å². The molecule has 0 spiro atoms. The van der Waals surface area contributed by atoms with Crippen LogP contribution in [0.15, 0.2) is 173 Å². The molecule has 0 saturated carbocycles. The number of furan rings is 1. The van der Waals surface area contributed by atoms with Crippen LogP contribution in [0.1, 0.15) is 5.56 Å². The Balaban J connectivity index is 1.34. The van der Waals surface area contributed by atoms with Crippen LogP contribution >= 0.6 is 0 Å². The highest BCUT2D eigenvalue weighted by Crippen LogP contribution is 2.48. The van der Waals surface area contributed by atoms with Gasteiger partial charge < -0.3 is 9.73 Å². The number of nitrogens with one attached hydrogen (secondary N) is 1. The summed E-state index contributed by atoms with van der Waals surface area (Å²) in [6.07, 6.45) is 8.43. The van der Waals surface area contributed by atoms with Gasteiger partial charge in [0.1, 0.15) is 17.1 Å². The van der Waals surface area contributed by atoms with Crippen LogP contribution in [-0.2, 0) is 0 Å². The Morgan fingerprint density at radius 3 is 2.12 bits per heavy atom. The molecular weight excluding hydrogens is 611 g/mol. The summed E-state index contributed by atoms with van der Waals surface area (Å²) in [5.41, 5.74) is 9.08. The van der Waals surface area contributed by atoms with Crippen molar-refractivity contribution in [2.45, 2.75) is 6.04 Å². The molecule has 9 aromatic rings. The fourth-order valence-electron chi connectivity index (χ4n) is 8.23. The summed E-state index contributed by atoms with van der Waals surface area (Å²) in [5.74, 6) is 0.933. The number of aromatic nitrogens is 1. The molecule has 234 valence electrons. The van der Waals surface area contributed by atoms with Gasteiger partial charge in [-0.2, -0.15) is 0 Å². The first kappa shape index (κ1) is 27.3. The maximum atomic E-state index is 7.28. The SMILES string of the molecule is C1=CC2=NC(c3ccccc3)=C(n3c4ccccc4c4c5ccccc5c5c6cccc(-c7cccc8ccccc78)c6oc5c43)NC2C=C1. The van der Waals surface area contributed by atoms with E-state index in [0.717, 1.165) is 66.9 Å². The van der Waals surface area contributed by atoms with Crippen molar-refractivity contribution in [3.05, 3.63) is 169 Å². The van der Waals surface area contributed by atoms with Gasteiger partial charge in [0.15, 0.2) is 5.58 Å². The molecule has 4 nitrogen and oxygen atoms in total. The second-order valence-electron chi connectivity index (χ2n) is 13.1. The van der Waals surface area contributed by atoms with Gasteiger partial charge in [0, 0.05) is 32.7 Å². The molecule has 0 amide bonds. The second-order valence-corrected chi connectivity index (χ2v) is 13.1. The van der Waals surface area contributed by atoms with E-state index in [2.05, 4.69) is 174 Å². The van der Waals surface area contributed by atoms with E-state index in [0.29, 0.717) is 0 Å². The number of nitrogens with zero attached hydrogens (tertiary/aromatic N) is 2. The average molecular weight is 640 g/mol. The van der Waals surface area contributed by atoms with Crippen LogP contribution in [0.2, 0.25) is 0 Å². The first-order chi connectivity index (χ1) is 24.8. The molecule has 1 aliphatic carbocycles. The fraction of sp³-hybridized carbons (Fsp3) is 0.0217. The molecule has 0 fully saturated rings. The van der Waals surface area contributed by atoms with Crippen LogP contribution in [0.3, 0.4) is 0 Å². The number of para-hydroxylation sites is 2. The molecule has 1 atom stereocenters. The minimum atomic E-state index is -0.0525. The minimum Gasteiger partial charge on any atom is -0.453 e. The Morgan fingerprint density at radius 1 is 0.560 bits per heavy atom. The number of aliphatic imine (C=N–C) groups is 1. The van der Waals surface area contributed by atoms with Gasteiger partial charge in [-0.3, -0.25) is 4.57 Å². The summed E-state index contributed by atoms with van der Waals surface area (Å²) in [6.45, 7) is 0. The van der Waals surface area contributed by atoms with Gasteiger partial charge in [0.25, 0.3) is 0 Å². The zero-order chi connectivity index (χ0) is 32.8. The predicted molar refractivity (Wildman–Crippen MR) is 209 cm³/mol. The Hall–Kier alpha value is -6.65. The molecule has 4 heteroatoms. The lowest BCUT2D eigenvalue weighted by Crippen LogP contribution is -2.38. The van der Waals surface area contributed by atoms with Crippen LogP contribution < -0.4 is 5.32 Å². The predicted octanol–water partition coefficient (Wildman–Crippen LogP) is 11.5. The van der Waals surface area contributed by atoms with E-state index in [1.54, 1.807) is 0 Å². The number of rotatable bonds is 3. The Morgan fingerprint density at radius 2 is 1.24 bits per heavy atom. The molecule has 11 rings (SSSR count). The zero-order valence-corrected chi connectivity index (χ0v) is 27.0. The zero-order valence-electron chi connectivity index (χ0n) is 27.0. The van der Waals surface area contributed by atoms with Crippen molar-refractivity contribution in [1.29, 1.82) is 0 Å². The quantitative estimate of drug-likeness (QED) is 0.209. The standard InChI is InChI=1S/C46H29N3O/c1-2-15-29(16-3-1)42-46(48-38-26-10-9-25-37(38)47-42)49-39-27-11-8-21-35(39)40-32-19-6-7-20-33(32)41-36-24-13-23-34(44(36)50-45(41)43(40)49)31-22-12-17-28-14-4-5-18-30(28)31/h1-27,38,48H. The summed E-state index contributed by atoms with van der Waals surface area (Å²) in [6, 6.07) is 49.6. The lowest BCUT2D eigenvalue weighted by atomic mass is 9.95. The minimum absolute atomic E-state index is 0.0525. The lowest BCUT2D eigenvalue weighted by Gasteiger charge is -2.29. The molecule has 50 heavy (non-hydrogen) atoms. The van der Waals surface area contributed by atoms with E-state index in [-0.39, 0.29) is 6.04 Å². The fourth-order valence-corrected chi connectivity index (χ4v) is 8.23. The lowest BCUT2D eigenvalue weighted by molar-refractivity contribution is 0.672. The highest BCUT2D eigenvalue weighted by atomic mass is 16.3. The molecule has 0 bridgehead atoms. The second kappa shape index (κ2) is 10.4. The van der Waals surface area contributed by atoms with Crippen molar-refractivity contribution in [2.24, 2.45) is 4.99 Å².